The third-order valence-electron chi connectivity index (χ3n) is 2.68. The van der Waals surface area contributed by atoms with Crippen molar-refractivity contribution in [1.82, 2.24) is 15.0 Å². The van der Waals surface area contributed by atoms with E-state index in [1.807, 2.05) is 25.4 Å². The van der Waals surface area contributed by atoms with Crippen molar-refractivity contribution in [3.05, 3.63) is 28.0 Å². The lowest BCUT2D eigenvalue weighted by Gasteiger charge is -2.10. The molecule has 0 radical (unpaired) electrons. The summed E-state index contributed by atoms with van der Waals surface area (Å²) in [7, 11) is 1.64. The zero-order valence-electron chi connectivity index (χ0n) is 11.9. The maximum atomic E-state index is 5.10. The van der Waals surface area contributed by atoms with Crippen LogP contribution in [0.2, 0.25) is 0 Å². The molecule has 0 aliphatic rings. The Morgan fingerprint density at radius 2 is 2.00 bits per heavy atom. The minimum absolute atomic E-state index is 0.396. The molecule has 0 saturated heterocycles. The second kappa shape index (κ2) is 7.16. The van der Waals surface area contributed by atoms with E-state index in [1.165, 1.54) is 4.88 Å². The number of methoxy groups -OCH3 is 1. The zero-order chi connectivity index (χ0) is 14.4. The van der Waals surface area contributed by atoms with Gasteiger partial charge in [-0.25, -0.2) is 15.0 Å². The Balaban J connectivity index is 2.11. The summed E-state index contributed by atoms with van der Waals surface area (Å²) in [5.74, 6) is 2.25. The molecule has 108 valence electrons. The van der Waals surface area contributed by atoms with Gasteiger partial charge in [0.25, 0.3) is 0 Å². The molecular weight excluding hydrogens is 274 g/mol. The molecule has 2 aromatic rings. The minimum atomic E-state index is 0.396. The van der Waals surface area contributed by atoms with E-state index >= 15 is 0 Å². The first-order valence-corrected chi connectivity index (χ1v) is 7.34. The molecule has 2 rings (SSSR count). The summed E-state index contributed by atoms with van der Waals surface area (Å²) in [5.41, 5.74) is 2.91. The molecule has 2 N–H and O–H groups in total. The largest absolute Gasteiger partial charge is 0.377 e. The topological polar surface area (TPSA) is 72.0 Å². The van der Waals surface area contributed by atoms with Gasteiger partial charge >= 0.3 is 0 Å². The van der Waals surface area contributed by atoms with Gasteiger partial charge < -0.3 is 15.4 Å². The lowest BCUT2D eigenvalue weighted by Crippen LogP contribution is -2.08. The number of rotatable bonds is 7. The summed E-state index contributed by atoms with van der Waals surface area (Å²) in [4.78, 5) is 14.3. The predicted octanol–water partition coefficient (Wildman–Crippen LogP) is 2.43. The number of hydrogen-bond donors (Lipinski definition) is 2. The highest BCUT2D eigenvalue weighted by Gasteiger charge is 2.06. The summed E-state index contributed by atoms with van der Waals surface area (Å²) in [6.45, 7) is 5.97. The number of thiazole rings is 1. The second-order valence-corrected chi connectivity index (χ2v) is 5.17. The smallest absolute Gasteiger partial charge is 0.158 e. The molecule has 0 spiro atoms. The van der Waals surface area contributed by atoms with E-state index in [0.717, 1.165) is 23.9 Å². The molecule has 2 aromatic heterocycles. The molecule has 0 aliphatic carbocycles. The van der Waals surface area contributed by atoms with Gasteiger partial charge in [-0.3, -0.25) is 0 Å². The van der Waals surface area contributed by atoms with Crippen LogP contribution in [-0.2, 0) is 17.9 Å². The van der Waals surface area contributed by atoms with Crippen molar-refractivity contribution in [2.75, 3.05) is 24.3 Å². The van der Waals surface area contributed by atoms with E-state index in [9.17, 15) is 0 Å². The van der Waals surface area contributed by atoms with E-state index in [-0.39, 0.29) is 0 Å². The summed E-state index contributed by atoms with van der Waals surface area (Å²) in [5, 5.41) is 6.50. The first kappa shape index (κ1) is 14.7. The summed E-state index contributed by atoms with van der Waals surface area (Å²) in [6, 6.07) is 1.90. The van der Waals surface area contributed by atoms with Gasteiger partial charge in [0.15, 0.2) is 5.82 Å². The Hall–Kier alpha value is -1.73. The summed E-state index contributed by atoms with van der Waals surface area (Å²) < 4.78 is 5.10. The Bertz CT molecular complexity index is 533. The van der Waals surface area contributed by atoms with Gasteiger partial charge in [-0.1, -0.05) is 0 Å². The van der Waals surface area contributed by atoms with Gasteiger partial charge in [-0.2, -0.15) is 0 Å². The molecule has 0 aromatic carbocycles. The standard InChI is InChI=1S/C13H19N5OS/c1-4-14-11-5-12(18-13(17-11)7-19-3)15-6-10-9(2)16-8-20-10/h5,8H,4,6-7H2,1-3H3,(H2,14,15,17,18). The molecule has 0 atom stereocenters. The minimum Gasteiger partial charge on any atom is -0.377 e. The van der Waals surface area contributed by atoms with E-state index in [4.69, 9.17) is 4.74 Å². The Labute approximate surface area is 122 Å². The number of nitrogens with one attached hydrogen (secondary N) is 2. The van der Waals surface area contributed by atoms with Crippen molar-refractivity contribution in [2.24, 2.45) is 0 Å². The monoisotopic (exact) mass is 293 g/mol. The zero-order valence-corrected chi connectivity index (χ0v) is 12.8. The maximum absolute atomic E-state index is 5.10. The number of aryl methyl sites for hydroxylation is 1. The number of ether oxygens (including phenoxy) is 1. The molecule has 0 unspecified atom stereocenters. The maximum Gasteiger partial charge on any atom is 0.158 e. The first-order chi connectivity index (χ1) is 9.72. The highest BCUT2D eigenvalue weighted by atomic mass is 32.1. The number of hydrogen-bond acceptors (Lipinski definition) is 7. The van der Waals surface area contributed by atoms with Crippen LogP contribution in [0.1, 0.15) is 23.3 Å². The molecule has 0 amide bonds. The molecule has 0 aliphatic heterocycles. The van der Waals surface area contributed by atoms with Crippen LogP contribution in [0.4, 0.5) is 11.6 Å². The van der Waals surface area contributed by atoms with Gasteiger partial charge in [0, 0.05) is 24.6 Å². The lowest BCUT2D eigenvalue weighted by atomic mass is 10.4. The van der Waals surface area contributed by atoms with E-state index in [0.29, 0.717) is 19.0 Å². The second-order valence-electron chi connectivity index (χ2n) is 4.23. The van der Waals surface area contributed by atoms with E-state index in [2.05, 4.69) is 25.6 Å². The van der Waals surface area contributed by atoms with E-state index in [1.54, 1.807) is 18.4 Å². The quantitative estimate of drug-likeness (QED) is 0.817. The Morgan fingerprint density at radius 3 is 2.60 bits per heavy atom. The van der Waals surface area contributed by atoms with Crippen molar-refractivity contribution in [3.8, 4) is 0 Å². The van der Waals surface area contributed by atoms with Crippen LogP contribution < -0.4 is 10.6 Å². The molecule has 6 nitrogen and oxygen atoms in total. The van der Waals surface area contributed by atoms with Gasteiger partial charge in [-0.15, -0.1) is 11.3 Å². The normalized spacial score (nSPS) is 10.6. The number of anilines is 2. The van der Waals surface area contributed by atoms with Crippen LogP contribution in [0.3, 0.4) is 0 Å². The third kappa shape index (κ3) is 3.88. The van der Waals surface area contributed by atoms with Crippen LogP contribution in [0.5, 0.6) is 0 Å². The molecule has 0 bridgehead atoms. The molecule has 0 fully saturated rings. The van der Waals surface area contributed by atoms with Gasteiger partial charge in [0.1, 0.15) is 18.2 Å². The fourth-order valence-corrected chi connectivity index (χ4v) is 2.44. The van der Waals surface area contributed by atoms with Crippen molar-refractivity contribution >= 4 is 23.0 Å². The van der Waals surface area contributed by atoms with Gasteiger partial charge in [-0.05, 0) is 13.8 Å². The van der Waals surface area contributed by atoms with Gasteiger partial charge in [0.2, 0.25) is 0 Å². The van der Waals surface area contributed by atoms with Crippen molar-refractivity contribution in [1.29, 1.82) is 0 Å². The Kier molecular flexibility index (Phi) is 5.25. The molecule has 7 heteroatoms. The van der Waals surface area contributed by atoms with Crippen LogP contribution in [0.25, 0.3) is 0 Å². The lowest BCUT2D eigenvalue weighted by molar-refractivity contribution is 0.178. The van der Waals surface area contributed by atoms with Crippen LogP contribution >= 0.6 is 11.3 Å². The van der Waals surface area contributed by atoms with Crippen molar-refractivity contribution in [3.63, 3.8) is 0 Å². The van der Waals surface area contributed by atoms with Crippen molar-refractivity contribution in [2.45, 2.75) is 27.0 Å². The molecule has 0 saturated carbocycles. The average Bonchev–Trinajstić information content (AvgIpc) is 2.83. The predicted molar refractivity (Wildman–Crippen MR) is 81.1 cm³/mol. The van der Waals surface area contributed by atoms with Gasteiger partial charge in [0.05, 0.1) is 17.7 Å². The highest BCUT2D eigenvalue weighted by molar-refractivity contribution is 7.09. The van der Waals surface area contributed by atoms with Crippen LogP contribution in [-0.4, -0.2) is 28.6 Å². The molecule has 2 heterocycles. The first-order valence-electron chi connectivity index (χ1n) is 6.46. The SMILES string of the molecule is CCNc1cc(NCc2scnc2C)nc(COC)n1. The fourth-order valence-electron chi connectivity index (χ4n) is 1.72. The molecule has 20 heavy (non-hydrogen) atoms. The number of aromatic nitrogens is 3. The van der Waals surface area contributed by atoms with E-state index < -0.39 is 0 Å². The Morgan fingerprint density at radius 1 is 1.25 bits per heavy atom. The van der Waals surface area contributed by atoms with Crippen molar-refractivity contribution < 1.29 is 4.74 Å². The van der Waals surface area contributed by atoms with Crippen LogP contribution in [0.15, 0.2) is 11.6 Å². The fraction of sp³-hybridized carbons (Fsp3) is 0.462. The average molecular weight is 293 g/mol. The third-order valence-corrected chi connectivity index (χ3v) is 3.61. The molecular formula is C13H19N5OS. The van der Waals surface area contributed by atoms with Crippen LogP contribution in [0, 0.1) is 6.92 Å². The highest BCUT2D eigenvalue weighted by Crippen LogP contribution is 2.16. The number of nitrogens with zero attached hydrogens (tertiary/aromatic N) is 3. The summed E-state index contributed by atoms with van der Waals surface area (Å²) in [6.07, 6.45) is 0. The summed E-state index contributed by atoms with van der Waals surface area (Å²) >= 11 is 1.64.